The molecule has 2 aromatic rings. The lowest BCUT2D eigenvalue weighted by molar-refractivity contribution is -0.141. The van der Waals surface area contributed by atoms with Crippen LogP contribution in [-0.4, -0.2) is 48.6 Å². The molecule has 6 nitrogen and oxygen atoms in total. The van der Waals surface area contributed by atoms with E-state index in [-0.39, 0.29) is 17.4 Å². The Hall–Kier alpha value is -3.02. The van der Waals surface area contributed by atoms with Crippen LogP contribution in [0.25, 0.3) is 0 Å². The molecule has 1 atom stereocenters. The van der Waals surface area contributed by atoms with Gasteiger partial charge in [-0.25, -0.2) is 0 Å². The fraction of sp³-hybridized carbons (Fsp3) is 0.481. The van der Waals surface area contributed by atoms with Gasteiger partial charge >= 0.3 is 0 Å². The van der Waals surface area contributed by atoms with E-state index in [1.54, 1.807) is 12.0 Å². The Kier molecular flexibility index (Phi) is 10.2. The van der Waals surface area contributed by atoms with E-state index in [1.165, 1.54) is 0 Å². The minimum Gasteiger partial charge on any atom is -0.497 e. The van der Waals surface area contributed by atoms with Crippen LogP contribution in [0.1, 0.15) is 52.5 Å². The van der Waals surface area contributed by atoms with E-state index in [9.17, 15) is 9.59 Å². The summed E-state index contributed by atoms with van der Waals surface area (Å²) in [4.78, 5) is 27.9. The maximum atomic E-state index is 13.2. The largest absolute Gasteiger partial charge is 0.497 e. The number of methoxy groups -OCH3 is 1. The standard InChI is InChI=1S/C27H38N2O4/c1-6-24(26(31)28-27(2,3)4)29(19-18-21-11-8-7-9-12-21)25(30)13-10-20-33-23-16-14-22(32-5)15-17-23/h7-9,11-12,14-17,24H,6,10,13,18-20H2,1-5H3,(H,28,31). The third-order valence-corrected chi connectivity index (χ3v) is 5.23. The quantitative estimate of drug-likeness (QED) is 0.475. The number of rotatable bonds is 12. The molecule has 0 saturated heterocycles. The van der Waals surface area contributed by atoms with Gasteiger partial charge in [0.25, 0.3) is 0 Å². The highest BCUT2D eigenvalue weighted by molar-refractivity contribution is 5.88. The van der Waals surface area contributed by atoms with Crippen molar-refractivity contribution in [1.82, 2.24) is 10.2 Å². The molecule has 0 spiro atoms. The molecular formula is C27H38N2O4. The van der Waals surface area contributed by atoms with Gasteiger partial charge in [-0.3, -0.25) is 9.59 Å². The van der Waals surface area contributed by atoms with Crippen LogP contribution >= 0.6 is 0 Å². The van der Waals surface area contributed by atoms with Crippen LogP contribution in [0.2, 0.25) is 0 Å². The van der Waals surface area contributed by atoms with Crippen molar-refractivity contribution in [3.8, 4) is 11.5 Å². The summed E-state index contributed by atoms with van der Waals surface area (Å²) >= 11 is 0. The first-order valence-electron chi connectivity index (χ1n) is 11.7. The zero-order chi connectivity index (χ0) is 24.3. The summed E-state index contributed by atoms with van der Waals surface area (Å²) in [7, 11) is 1.62. The van der Waals surface area contributed by atoms with E-state index < -0.39 is 6.04 Å². The fourth-order valence-corrected chi connectivity index (χ4v) is 3.58. The molecule has 2 amide bonds. The molecule has 0 bridgehead atoms. The molecule has 6 heteroatoms. The van der Waals surface area contributed by atoms with Gasteiger partial charge in [-0.1, -0.05) is 37.3 Å². The summed E-state index contributed by atoms with van der Waals surface area (Å²) < 4.78 is 10.9. The molecule has 2 aromatic carbocycles. The highest BCUT2D eigenvalue weighted by Crippen LogP contribution is 2.18. The molecule has 0 saturated carbocycles. The average Bonchev–Trinajstić information content (AvgIpc) is 2.79. The van der Waals surface area contributed by atoms with E-state index in [4.69, 9.17) is 9.47 Å². The van der Waals surface area contributed by atoms with Crippen molar-refractivity contribution in [3.05, 3.63) is 60.2 Å². The number of carbonyl (C=O) groups excluding carboxylic acids is 2. The minimum absolute atomic E-state index is 0.0276. The Morgan fingerprint density at radius 1 is 1.00 bits per heavy atom. The molecule has 0 aliphatic heterocycles. The molecule has 1 unspecified atom stereocenters. The number of carbonyl (C=O) groups is 2. The molecule has 180 valence electrons. The van der Waals surface area contributed by atoms with Crippen LogP contribution in [0.3, 0.4) is 0 Å². The lowest BCUT2D eigenvalue weighted by Crippen LogP contribution is -2.54. The predicted octanol–water partition coefficient (Wildman–Crippen LogP) is 4.62. The molecule has 0 fully saturated rings. The molecule has 0 aromatic heterocycles. The van der Waals surface area contributed by atoms with Crippen LogP contribution in [0.15, 0.2) is 54.6 Å². The van der Waals surface area contributed by atoms with Gasteiger partial charge in [-0.05, 0) is 69.9 Å². The second-order valence-electron chi connectivity index (χ2n) is 9.11. The maximum absolute atomic E-state index is 13.2. The zero-order valence-electron chi connectivity index (χ0n) is 20.6. The number of amides is 2. The minimum atomic E-state index is -0.497. The van der Waals surface area contributed by atoms with E-state index in [1.807, 2.05) is 82.3 Å². The average molecular weight is 455 g/mol. The van der Waals surface area contributed by atoms with Gasteiger partial charge in [-0.15, -0.1) is 0 Å². The van der Waals surface area contributed by atoms with E-state index in [2.05, 4.69) is 5.32 Å². The van der Waals surface area contributed by atoms with Gasteiger partial charge in [0.1, 0.15) is 17.5 Å². The molecule has 0 aliphatic rings. The van der Waals surface area contributed by atoms with Crippen molar-refractivity contribution in [2.24, 2.45) is 0 Å². The molecule has 1 N–H and O–H groups in total. The third-order valence-electron chi connectivity index (χ3n) is 5.23. The van der Waals surface area contributed by atoms with Gasteiger partial charge in [0.05, 0.1) is 13.7 Å². The summed E-state index contributed by atoms with van der Waals surface area (Å²) in [5.74, 6) is 1.37. The Labute approximate surface area is 198 Å². The van der Waals surface area contributed by atoms with Gasteiger partial charge in [-0.2, -0.15) is 0 Å². The third kappa shape index (κ3) is 9.16. The van der Waals surface area contributed by atoms with E-state index in [0.29, 0.717) is 38.8 Å². The van der Waals surface area contributed by atoms with Gasteiger partial charge in [0.15, 0.2) is 0 Å². The Morgan fingerprint density at radius 3 is 2.21 bits per heavy atom. The fourth-order valence-electron chi connectivity index (χ4n) is 3.58. The predicted molar refractivity (Wildman–Crippen MR) is 132 cm³/mol. The number of nitrogens with zero attached hydrogens (tertiary/aromatic N) is 1. The monoisotopic (exact) mass is 454 g/mol. The first-order chi connectivity index (χ1) is 15.7. The lowest BCUT2D eigenvalue weighted by Gasteiger charge is -2.33. The second-order valence-corrected chi connectivity index (χ2v) is 9.11. The highest BCUT2D eigenvalue weighted by atomic mass is 16.5. The number of hydrogen-bond acceptors (Lipinski definition) is 4. The van der Waals surface area contributed by atoms with E-state index in [0.717, 1.165) is 17.1 Å². The topological polar surface area (TPSA) is 67.9 Å². The van der Waals surface area contributed by atoms with Crippen LogP contribution in [0.5, 0.6) is 11.5 Å². The number of nitrogens with one attached hydrogen (secondary N) is 1. The normalized spacial score (nSPS) is 12.0. The van der Waals surface area contributed by atoms with Gasteiger partial charge in [0.2, 0.25) is 11.8 Å². The highest BCUT2D eigenvalue weighted by Gasteiger charge is 2.30. The SMILES string of the molecule is CCC(C(=O)NC(C)(C)C)N(CCc1ccccc1)C(=O)CCCOc1ccc(OC)cc1. The summed E-state index contributed by atoms with van der Waals surface area (Å²) in [6.07, 6.45) is 2.16. The van der Waals surface area contributed by atoms with Crippen LogP contribution in [-0.2, 0) is 16.0 Å². The lowest BCUT2D eigenvalue weighted by atomic mass is 10.0. The molecule has 0 heterocycles. The smallest absolute Gasteiger partial charge is 0.243 e. The van der Waals surface area contributed by atoms with Crippen molar-refractivity contribution in [1.29, 1.82) is 0 Å². The summed E-state index contributed by atoms with van der Waals surface area (Å²) in [5.41, 5.74) is 0.787. The van der Waals surface area contributed by atoms with Crippen molar-refractivity contribution in [2.45, 2.75) is 65.0 Å². The maximum Gasteiger partial charge on any atom is 0.243 e. The van der Waals surface area contributed by atoms with Crippen LogP contribution in [0.4, 0.5) is 0 Å². The summed E-state index contributed by atoms with van der Waals surface area (Å²) in [6.45, 7) is 8.72. The van der Waals surface area contributed by atoms with Crippen LogP contribution in [0, 0.1) is 0 Å². The second kappa shape index (κ2) is 12.9. The van der Waals surface area contributed by atoms with Crippen molar-refractivity contribution in [3.63, 3.8) is 0 Å². The summed E-state index contributed by atoms with van der Waals surface area (Å²) in [6, 6.07) is 16.9. The van der Waals surface area contributed by atoms with Gasteiger partial charge in [0, 0.05) is 18.5 Å². The van der Waals surface area contributed by atoms with Crippen LogP contribution < -0.4 is 14.8 Å². The summed E-state index contributed by atoms with van der Waals surface area (Å²) in [5, 5.41) is 3.03. The Balaban J connectivity index is 2.00. The van der Waals surface area contributed by atoms with Gasteiger partial charge < -0.3 is 19.7 Å². The van der Waals surface area contributed by atoms with E-state index >= 15 is 0 Å². The molecule has 0 radical (unpaired) electrons. The molecular weight excluding hydrogens is 416 g/mol. The van der Waals surface area contributed by atoms with Crippen molar-refractivity contribution < 1.29 is 19.1 Å². The molecule has 0 aliphatic carbocycles. The first-order valence-corrected chi connectivity index (χ1v) is 11.7. The number of benzene rings is 2. The first kappa shape index (κ1) is 26.2. The van der Waals surface area contributed by atoms with Crippen molar-refractivity contribution >= 4 is 11.8 Å². The Bertz CT molecular complexity index is 860. The molecule has 33 heavy (non-hydrogen) atoms. The number of ether oxygens (including phenoxy) is 2. The Morgan fingerprint density at radius 2 is 1.64 bits per heavy atom. The number of hydrogen-bond donors (Lipinski definition) is 1. The zero-order valence-corrected chi connectivity index (χ0v) is 20.6. The van der Waals surface area contributed by atoms with Crippen molar-refractivity contribution in [2.75, 3.05) is 20.3 Å². The molecule has 2 rings (SSSR count).